The Labute approximate surface area is 254 Å². The smallest absolute Gasteiger partial charge is 0.303 e. The summed E-state index contributed by atoms with van der Waals surface area (Å²) in [6.45, 7) is 6.87. The summed E-state index contributed by atoms with van der Waals surface area (Å²) < 4.78 is 30.8. The minimum Gasteiger partial charge on any atom is -0.486 e. The molecule has 1 aliphatic carbocycles. The van der Waals surface area contributed by atoms with Crippen LogP contribution in [0.5, 0.6) is 5.75 Å². The van der Waals surface area contributed by atoms with E-state index in [1.165, 1.54) is 39.5 Å². The Morgan fingerprint density at radius 3 is 2.33 bits per heavy atom. The van der Waals surface area contributed by atoms with Crippen LogP contribution >= 0.6 is 11.8 Å². The van der Waals surface area contributed by atoms with E-state index < -0.39 is 53.6 Å². The molecular weight excluding hydrogens is 580 g/mol. The van der Waals surface area contributed by atoms with Gasteiger partial charge in [-0.15, -0.1) is 10.2 Å². The van der Waals surface area contributed by atoms with E-state index in [-0.39, 0.29) is 19.3 Å². The number of nitrogens with zero attached hydrogens (tertiary/aromatic N) is 3. The second-order valence-electron chi connectivity index (χ2n) is 10.7. The minimum absolute atomic E-state index is 0.131. The highest BCUT2D eigenvalue weighted by molar-refractivity contribution is 7.99. The van der Waals surface area contributed by atoms with Crippen molar-refractivity contribution in [1.29, 1.82) is 0 Å². The zero-order chi connectivity index (χ0) is 31.1. The summed E-state index contributed by atoms with van der Waals surface area (Å²) in [5.41, 5.74) is 0.178. The topological polar surface area (TPSA) is 157 Å². The molecule has 2 aliphatic rings. The third-order valence-corrected chi connectivity index (χ3v) is 8.20. The number of benzene rings is 1. The number of carbonyl (C=O) groups excluding carboxylic acids is 4. The van der Waals surface area contributed by atoms with Gasteiger partial charge < -0.3 is 29.0 Å². The minimum atomic E-state index is -1.17. The van der Waals surface area contributed by atoms with E-state index in [0.717, 1.165) is 31.2 Å². The number of carbonyl (C=O) groups is 4. The second kappa shape index (κ2) is 14.7. The predicted molar refractivity (Wildman–Crippen MR) is 153 cm³/mol. The first-order valence-corrected chi connectivity index (χ1v) is 15.1. The summed E-state index contributed by atoms with van der Waals surface area (Å²) in [7, 11) is 0. The molecule has 2 fully saturated rings. The maximum atomic E-state index is 12.3. The average molecular weight is 619 g/mol. The Balaban J connectivity index is 1.68. The van der Waals surface area contributed by atoms with Crippen LogP contribution in [0.2, 0.25) is 0 Å². The van der Waals surface area contributed by atoms with Crippen molar-refractivity contribution < 1.29 is 42.9 Å². The van der Waals surface area contributed by atoms with Crippen LogP contribution < -0.4 is 10.1 Å². The van der Waals surface area contributed by atoms with Crippen LogP contribution in [-0.2, 0) is 44.7 Å². The van der Waals surface area contributed by atoms with Gasteiger partial charge in [0.25, 0.3) is 0 Å². The van der Waals surface area contributed by atoms with E-state index in [0.29, 0.717) is 16.7 Å². The number of aromatic nitrogens is 3. The molecule has 1 aromatic heterocycles. The highest BCUT2D eigenvalue weighted by Crippen LogP contribution is 2.39. The van der Waals surface area contributed by atoms with Crippen LogP contribution in [0.15, 0.2) is 29.4 Å². The Bertz CT molecular complexity index is 1310. The van der Waals surface area contributed by atoms with E-state index >= 15 is 0 Å². The van der Waals surface area contributed by atoms with Crippen molar-refractivity contribution in [2.24, 2.45) is 0 Å². The molecule has 1 aromatic carbocycles. The molecule has 43 heavy (non-hydrogen) atoms. The second-order valence-corrected chi connectivity index (χ2v) is 11.7. The van der Waals surface area contributed by atoms with Gasteiger partial charge in [-0.05, 0) is 37.5 Å². The van der Waals surface area contributed by atoms with Crippen LogP contribution in [0.4, 0.5) is 0 Å². The molecule has 4 rings (SSSR count). The van der Waals surface area contributed by atoms with E-state index in [4.69, 9.17) is 23.7 Å². The number of hydrogen-bond donors (Lipinski definition) is 1. The average Bonchev–Trinajstić information content (AvgIpc) is 3.59. The molecule has 14 heteroatoms. The standard InChI is InChI=1S/C29H38N4O9S/c1-16-9-8-12-22(13-16)39-15-24-31-32-29(33(24)21-10-6-7-11-21)43-28-25(30-17(2)34)27(41-20(5)37)26(40-19(4)36)23(42-28)14-38-18(3)35/h8-9,12-13,21,23,25-28H,6-7,10-11,14-15H2,1-5H3,(H,30,34)/t23-,25+,26-,27-,28+/m1/s1. The third kappa shape index (κ3) is 8.69. The van der Waals surface area contributed by atoms with Gasteiger partial charge in [-0.3, -0.25) is 23.7 Å². The van der Waals surface area contributed by atoms with E-state index in [9.17, 15) is 19.2 Å². The fourth-order valence-corrected chi connectivity index (χ4v) is 6.60. The van der Waals surface area contributed by atoms with Gasteiger partial charge in [0.1, 0.15) is 36.5 Å². The molecule has 2 heterocycles. The van der Waals surface area contributed by atoms with Gasteiger partial charge in [-0.1, -0.05) is 36.7 Å². The molecule has 1 aliphatic heterocycles. The number of esters is 3. The Morgan fingerprint density at radius 2 is 1.70 bits per heavy atom. The molecule has 234 valence electrons. The Kier molecular flexibility index (Phi) is 11.0. The maximum absolute atomic E-state index is 12.3. The molecule has 0 bridgehead atoms. The molecule has 1 N–H and O–H groups in total. The maximum Gasteiger partial charge on any atom is 0.303 e. The van der Waals surface area contributed by atoms with Crippen molar-refractivity contribution in [3.05, 3.63) is 35.7 Å². The molecule has 1 saturated carbocycles. The largest absolute Gasteiger partial charge is 0.486 e. The van der Waals surface area contributed by atoms with E-state index in [1.807, 2.05) is 35.8 Å². The number of amides is 1. The molecule has 5 atom stereocenters. The monoisotopic (exact) mass is 618 g/mol. The lowest BCUT2D eigenvalue weighted by Crippen LogP contribution is -2.65. The summed E-state index contributed by atoms with van der Waals surface area (Å²) >= 11 is 1.19. The molecule has 1 amide bonds. The van der Waals surface area contributed by atoms with E-state index in [2.05, 4.69) is 15.5 Å². The summed E-state index contributed by atoms with van der Waals surface area (Å²) in [6, 6.07) is 6.91. The highest BCUT2D eigenvalue weighted by atomic mass is 32.2. The molecule has 1 saturated heterocycles. The number of ether oxygens (including phenoxy) is 5. The molecule has 0 unspecified atom stereocenters. The summed E-state index contributed by atoms with van der Waals surface area (Å²) in [5, 5.41) is 12.2. The first-order chi connectivity index (χ1) is 20.5. The highest BCUT2D eigenvalue weighted by Gasteiger charge is 2.51. The third-order valence-electron chi connectivity index (χ3n) is 7.08. The van der Waals surface area contributed by atoms with Crippen LogP contribution in [0.3, 0.4) is 0 Å². The van der Waals surface area contributed by atoms with Crippen molar-refractivity contribution >= 4 is 35.6 Å². The van der Waals surface area contributed by atoms with Crippen molar-refractivity contribution in [2.45, 2.75) is 108 Å². The van der Waals surface area contributed by atoms with Crippen molar-refractivity contribution in [2.75, 3.05) is 6.61 Å². The molecular formula is C29H38N4O9S. The first-order valence-electron chi connectivity index (χ1n) is 14.2. The lowest BCUT2D eigenvalue weighted by Gasteiger charge is -2.44. The number of rotatable bonds is 11. The zero-order valence-corrected chi connectivity index (χ0v) is 25.8. The predicted octanol–water partition coefficient (Wildman–Crippen LogP) is 3.03. The fraction of sp³-hybridized carbons (Fsp3) is 0.586. The summed E-state index contributed by atoms with van der Waals surface area (Å²) in [6.07, 6.45) is 0.661. The zero-order valence-electron chi connectivity index (χ0n) is 24.9. The van der Waals surface area contributed by atoms with Gasteiger partial charge in [0, 0.05) is 33.7 Å². The number of thioether (sulfide) groups is 1. The normalized spacial score (nSPS) is 23.8. The Morgan fingerprint density at radius 1 is 1.00 bits per heavy atom. The molecule has 0 spiro atoms. The Hall–Kier alpha value is -3.65. The van der Waals surface area contributed by atoms with Crippen molar-refractivity contribution in [3.63, 3.8) is 0 Å². The van der Waals surface area contributed by atoms with E-state index in [1.54, 1.807) is 0 Å². The van der Waals surface area contributed by atoms with Crippen molar-refractivity contribution in [1.82, 2.24) is 20.1 Å². The molecule has 13 nitrogen and oxygen atoms in total. The van der Waals surface area contributed by atoms with Crippen LogP contribution in [-0.4, -0.2) is 75.0 Å². The first kappa shape index (κ1) is 32.3. The fourth-order valence-electron chi connectivity index (χ4n) is 5.36. The SMILES string of the molecule is CC(=O)N[C@H]1[C@@H](OC(C)=O)[C@H](OC(C)=O)[C@@H](COC(C)=O)O[C@H]1Sc1nnc(COc2cccc(C)c2)n1C1CCCC1. The quantitative estimate of drug-likeness (QED) is 0.290. The van der Waals surface area contributed by atoms with Crippen molar-refractivity contribution in [3.8, 4) is 5.75 Å². The number of aryl methyl sites for hydroxylation is 1. The molecule has 0 radical (unpaired) electrons. The lowest BCUT2D eigenvalue weighted by atomic mass is 9.97. The number of hydrogen-bond acceptors (Lipinski definition) is 12. The van der Waals surface area contributed by atoms with Crippen LogP contribution in [0.25, 0.3) is 0 Å². The molecule has 2 aromatic rings. The van der Waals surface area contributed by atoms with Crippen LogP contribution in [0, 0.1) is 6.92 Å². The summed E-state index contributed by atoms with van der Waals surface area (Å²) in [4.78, 5) is 48.3. The van der Waals surface area contributed by atoms with Gasteiger partial charge in [-0.25, -0.2) is 0 Å². The number of nitrogens with one attached hydrogen (secondary N) is 1. The van der Waals surface area contributed by atoms with Gasteiger partial charge in [0.05, 0.1) is 0 Å². The van der Waals surface area contributed by atoms with Gasteiger partial charge in [0.2, 0.25) is 5.91 Å². The van der Waals surface area contributed by atoms with Crippen LogP contribution in [0.1, 0.15) is 70.8 Å². The summed E-state index contributed by atoms with van der Waals surface area (Å²) in [5.74, 6) is -0.953. The van der Waals surface area contributed by atoms with Gasteiger partial charge >= 0.3 is 17.9 Å². The van der Waals surface area contributed by atoms with Gasteiger partial charge in [0.15, 0.2) is 23.2 Å². The lowest BCUT2D eigenvalue weighted by molar-refractivity contribution is -0.211. The van der Waals surface area contributed by atoms with Gasteiger partial charge in [-0.2, -0.15) is 0 Å².